The summed E-state index contributed by atoms with van der Waals surface area (Å²) >= 11 is 0. The molecule has 0 heterocycles. The number of nitrogens with one attached hydrogen (secondary N) is 1. The Morgan fingerprint density at radius 3 is 2.44 bits per heavy atom. The van der Waals surface area contributed by atoms with Gasteiger partial charge in [-0.25, -0.2) is 5.43 Å². The summed E-state index contributed by atoms with van der Waals surface area (Å²) in [6.45, 7) is 6.35. The number of rotatable bonds is 6. The molecule has 0 atom stereocenters. The molecule has 5 nitrogen and oxygen atoms in total. The van der Waals surface area contributed by atoms with E-state index in [0.29, 0.717) is 11.5 Å². The molecule has 132 valence electrons. The van der Waals surface area contributed by atoms with Gasteiger partial charge in [0.25, 0.3) is 5.91 Å². The van der Waals surface area contributed by atoms with Crippen LogP contribution < -0.4 is 14.9 Å². The number of hydrazone groups is 1. The maximum atomic E-state index is 11.8. The zero-order chi connectivity index (χ0) is 18.3. The van der Waals surface area contributed by atoms with E-state index in [1.807, 2.05) is 48.5 Å². The van der Waals surface area contributed by atoms with Gasteiger partial charge in [0.2, 0.25) is 0 Å². The van der Waals surface area contributed by atoms with Crippen molar-refractivity contribution >= 4 is 12.1 Å². The molecule has 0 saturated carbocycles. The zero-order valence-electron chi connectivity index (χ0n) is 15.1. The minimum absolute atomic E-state index is 0.0864. The molecule has 0 radical (unpaired) electrons. The van der Waals surface area contributed by atoms with Gasteiger partial charge in [0.15, 0.2) is 6.61 Å². The zero-order valence-corrected chi connectivity index (χ0v) is 15.1. The molecule has 0 aliphatic rings. The first kappa shape index (κ1) is 18.5. The average Bonchev–Trinajstić information content (AvgIpc) is 2.60. The van der Waals surface area contributed by atoms with Gasteiger partial charge in [-0.3, -0.25) is 4.79 Å². The highest BCUT2D eigenvalue weighted by atomic mass is 16.5. The molecule has 1 amide bonds. The van der Waals surface area contributed by atoms with E-state index >= 15 is 0 Å². The predicted molar refractivity (Wildman–Crippen MR) is 99.4 cm³/mol. The van der Waals surface area contributed by atoms with Crippen molar-refractivity contribution in [2.45, 2.75) is 26.2 Å². The van der Waals surface area contributed by atoms with Crippen LogP contribution in [0.15, 0.2) is 53.6 Å². The first-order valence-electron chi connectivity index (χ1n) is 8.08. The van der Waals surface area contributed by atoms with Gasteiger partial charge in [0.1, 0.15) is 11.5 Å². The van der Waals surface area contributed by atoms with Gasteiger partial charge >= 0.3 is 0 Å². The van der Waals surface area contributed by atoms with E-state index in [2.05, 4.69) is 31.3 Å². The van der Waals surface area contributed by atoms with Crippen LogP contribution in [-0.2, 0) is 10.2 Å². The van der Waals surface area contributed by atoms with Gasteiger partial charge in [-0.2, -0.15) is 5.10 Å². The lowest BCUT2D eigenvalue weighted by Gasteiger charge is -2.19. The molecule has 0 saturated heterocycles. The Hall–Kier alpha value is -2.82. The monoisotopic (exact) mass is 340 g/mol. The van der Waals surface area contributed by atoms with Crippen LogP contribution in [0.25, 0.3) is 0 Å². The molecule has 5 heteroatoms. The second-order valence-corrected chi connectivity index (χ2v) is 6.60. The topological polar surface area (TPSA) is 59.9 Å². The maximum Gasteiger partial charge on any atom is 0.277 e. The molecular formula is C20H24N2O3. The maximum absolute atomic E-state index is 11.8. The summed E-state index contributed by atoms with van der Waals surface area (Å²) in [6, 6.07) is 15.2. The van der Waals surface area contributed by atoms with Crippen LogP contribution >= 0.6 is 0 Å². The fourth-order valence-corrected chi connectivity index (χ4v) is 2.18. The summed E-state index contributed by atoms with van der Waals surface area (Å²) in [4.78, 5) is 11.8. The number of methoxy groups -OCH3 is 1. The van der Waals surface area contributed by atoms with E-state index in [4.69, 9.17) is 9.47 Å². The van der Waals surface area contributed by atoms with Gasteiger partial charge < -0.3 is 9.47 Å². The number of carbonyl (C=O) groups is 1. The molecule has 1 N–H and O–H groups in total. The van der Waals surface area contributed by atoms with E-state index in [9.17, 15) is 4.79 Å². The van der Waals surface area contributed by atoms with Crippen LogP contribution in [0.5, 0.6) is 11.5 Å². The predicted octanol–water partition coefficient (Wildman–Crippen LogP) is 3.52. The standard InChI is InChI=1S/C20H24N2O3/c1-20(2,3)16-9-11-17(12-10-16)25-14-19(23)22-21-13-15-7-5-6-8-18(15)24-4/h5-13H,14H2,1-4H3,(H,22,23)/b21-13+. The third kappa shape index (κ3) is 5.64. The summed E-state index contributed by atoms with van der Waals surface area (Å²) in [5, 5.41) is 3.92. The molecule has 0 aliphatic heterocycles. The van der Waals surface area contributed by atoms with E-state index in [1.165, 1.54) is 11.8 Å². The average molecular weight is 340 g/mol. The molecule has 0 aromatic heterocycles. The van der Waals surface area contributed by atoms with Crippen molar-refractivity contribution in [3.05, 3.63) is 59.7 Å². The van der Waals surface area contributed by atoms with Crippen LogP contribution in [0.2, 0.25) is 0 Å². The smallest absolute Gasteiger partial charge is 0.277 e. The normalized spacial score (nSPS) is 11.4. The summed E-state index contributed by atoms with van der Waals surface area (Å²) < 4.78 is 10.7. The van der Waals surface area contributed by atoms with Crippen LogP contribution in [0.4, 0.5) is 0 Å². The van der Waals surface area contributed by atoms with E-state index in [-0.39, 0.29) is 17.9 Å². The van der Waals surface area contributed by atoms with Crippen molar-refractivity contribution in [2.24, 2.45) is 5.10 Å². The minimum Gasteiger partial charge on any atom is -0.496 e. The summed E-state index contributed by atoms with van der Waals surface area (Å²) in [5.41, 5.74) is 4.52. The summed E-state index contributed by atoms with van der Waals surface area (Å²) in [6.07, 6.45) is 1.54. The molecule has 0 fully saturated rings. The van der Waals surface area contributed by atoms with Crippen molar-refractivity contribution in [3.8, 4) is 11.5 Å². The Balaban J connectivity index is 1.83. The number of nitrogens with zero attached hydrogens (tertiary/aromatic N) is 1. The number of carbonyl (C=O) groups excluding carboxylic acids is 1. The van der Waals surface area contributed by atoms with Crippen molar-refractivity contribution in [1.29, 1.82) is 0 Å². The minimum atomic E-state index is -0.328. The molecule has 2 aromatic rings. The first-order chi connectivity index (χ1) is 11.9. The van der Waals surface area contributed by atoms with Crippen LogP contribution in [-0.4, -0.2) is 25.8 Å². The molecule has 2 aromatic carbocycles. The molecule has 0 spiro atoms. The van der Waals surface area contributed by atoms with Gasteiger partial charge in [-0.1, -0.05) is 45.0 Å². The summed E-state index contributed by atoms with van der Waals surface area (Å²) in [5.74, 6) is 1.01. The number of hydrogen-bond acceptors (Lipinski definition) is 4. The third-order valence-corrected chi connectivity index (χ3v) is 3.62. The van der Waals surface area contributed by atoms with E-state index in [0.717, 1.165) is 5.56 Å². The fourth-order valence-electron chi connectivity index (χ4n) is 2.18. The van der Waals surface area contributed by atoms with Crippen LogP contribution in [0.3, 0.4) is 0 Å². The van der Waals surface area contributed by atoms with E-state index < -0.39 is 0 Å². The van der Waals surface area contributed by atoms with Gasteiger partial charge in [-0.15, -0.1) is 0 Å². The van der Waals surface area contributed by atoms with E-state index in [1.54, 1.807) is 7.11 Å². The quantitative estimate of drug-likeness (QED) is 0.646. The molecule has 0 aliphatic carbocycles. The van der Waals surface area contributed by atoms with Crippen LogP contribution in [0.1, 0.15) is 31.9 Å². The largest absolute Gasteiger partial charge is 0.496 e. The highest BCUT2D eigenvalue weighted by molar-refractivity contribution is 5.85. The van der Waals surface area contributed by atoms with Crippen molar-refractivity contribution in [3.63, 3.8) is 0 Å². The third-order valence-electron chi connectivity index (χ3n) is 3.62. The lowest BCUT2D eigenvalue weighted by molar-refractivity contribution is -0.123. The van der Waals surface area contributed by atoms with Crippen molar-refractivity contribution < 1.29 is 14.3 Å². The van der Waals surface area contributed by atoms with Gasteiger partial charge in [-0.05, 0) is 35.2 Å². The molecule has 25 heavy (non-hydrogen) atoms. The molecule has 2 rings (SSSR count). The second-order valence-electron chi connectivity index (χ2n) is 6.60. The lowest BCUT2D eigenvalue weighted by atomic mass is 9.87. The fraction of sp³-hybridized carbons (Fsp3) is 0.300. The highest BCUT2D eigenvalue weighted by Gasteiger charge is 2.13. The Bertz CT molecular complexity index is 731. The summed E-state index contributed by atoms with van der Waals surface area (Å²) in [7, 11) is 1.59. The Morgan fingerprint density at radius 2 is 1.80 bits per heavy atom. The second kappa shape index (κ2) is 8.33. The molecule has 0 unspecified atom stereocenters. The van der Waals surface area contributed by atoms with Crippen LogP contribution in [0, 0.1) is 0 Å². The number of para-hydroxylation sites is 1. The number of ether oxygens (including phenoxy) is 2. The Labute approximate surface area is 148 Å². The van der Waals surface area contributed by atoms with Crippen molar-refractivity contribution in [2.75, 3.05) is 13.7 Å². The highest BCUT2D eigenvalue weighted by Crippen LogP contribution is 2.24. The van der Waals surface area contributed by atoms with Gasteiger partial charge in [0, 0.05) is 5.56 Å². The number of hydrogen-bond donors (Lipinski definition) is 1. The Morgan fingerprint density at radius 1 is 1.12 bits per heavy atom. The molecular weight excluding hydrogens is 316 g/mol. The molecule has 0 bridgehead atoms. The first-order valence-corrected chi connectivity index (χ1v) is 8.08. The SMILES string of the molecule is COc1ccccc1/C=N/NC(=O)COc1ccc(C(C)(C)C)cc1. The number of benzene rings is 2. The Kier molecular flexibility index (Phi) is 6.17. The lowest BCUT2D eigenvalue weighted by Crippen LogP contribution is -2.24. The van der Waals surface area contributed by atoms with Crippen molar-refractivity contribution in [1.82, 2.24) is 5.43 Å². The number of amides is 1. The van der Waals surface area contributed by atoms with Gasteiger partial charge in [0.05, 0.1) is 13.3 Å².